The average Bonchev–Trinajstić information content (AvgIpc) is 3.12. The monoisotopic (exact) mass is 338 g/mol. The molecule has 0 aromatic heterocycles. The summed E-state index contributed by atoms with van der Waals surface area (Å²) in [7, 11) is 0. The number of carbonyl (C=O) groups is 2. The van der Waals surface area contributed by atoms with Crippen LogP contribution in [0.25, 0.3) is 0 Å². The van der Waals surface area contributed by atoms with Gasteiger partial charge in [-0.05, 0) is 54.7 Å². The molecule has 1 aliphatic carbocycles. The van der Waals surface area contributed by atoms with E-state index in [9.17, 15) is 9.59 Å². The van der Waals surface area contributed by atoms with E-state index in [4.69, 9.17) is 4.74 Å². The van der Waals surface area contributed by atoms with Gasteiger partial charge in [0.05, 0.1) is 0 Å². The fraction of sp³-hybridized carbons (Fsp3) is 0.300. The maximum atomic E-state index is 11.8. The molecule has 0 unspecified atom stereocenters. The van der Waals surface area contributed by atoms with Crippen molar-refractivity contribution in [2.24, 2.45) is 0 Å². The maximum absolute atomic E-state index is 11.8. The Morgan fingerprint density at radius 1 is 0.920 bits per heavy atom. The molecule has 0 bridgehead atoms. The van der Waals surface area contributed by atoms with E-state index in [2.05, 4.69) is 16.7 Å². The zero-order chi connectivity index (χ0) is 17.5. The number of hydrogen-bond donors (Lipinski definition) is 2. The molecule has 0 heterocycles. The summed E-state index contributed by atoms with van der Waals surface area (Å²) in [4.78, 5) is 23.7. The van der Waals surface area contributed by atoms with E-state index in [-0.39, 0.29) is 18.4 Å². The second-order valence-corrected chi connectivity index (χ2v) is 6.04. The standard InChI is InChI=1S/C20H22N2O3/c23-19(14-25-18-10-9-15-7-4-8-17(15)13-18)21-11-12-22-20(24)16-5-2-1-3-6-16/h1-3,5-6,9-10,13H,4,7-8,11-12,14H2,(H,21,23)(H,22,24). The molecule has 0 aliphatic heterocycles. The Kier molecular flexibility index (Phi) is 5.67. The number of hydrogen-bond acceptors (Lipinski definition) is 3. The summed E-state index contributed by atoms with van der Waals surface area (Å²) >= 11 is 0. The summed E-state index contributed by atoms with van der Waals surface area (Å²) in [6, 6.07) is 15.0. The van der Waals surface area contributed by atoms with Crippen molar-refractivity contribution in [2.75, 3.05) is 19.7 Å². The second kappa shape index (κ2) is 8.33. The molecule has 3 rings (SSSR count). The Balaban J connectivity index is 1.34. The van der Waals surface area contributed by atoms with E-state index >= 15 is 0 Å². The molecule has 2 aromatic carbocycles. The van der Waals surface area contributed by atoms with Gasteiger partial charge in [0.25, 0.3) is 11.8 Å². The fourth-order valence-corrected chi connectivity index (χ4v) is 2.91. The van der Waals surface area contributed by atoms with E-state index in [0.717, 1.165) is 18.6 Å². The van der Waals surface area contributed by atoms with Crippen molar-refractivity contribution in [1.29, 1.82) is 0 Å². The van der Waals surface area contributed by atoms with Gasteiger partial charge in [-0.1, -0.05) is 24.3 Å². The molecule has 25 heavy (non-hydrogen) atoms. The minimum Gasteiger partial charge on any atom is -0.484 e. The largest absolute Gasteiger partial charge is 0.484 e. The summed E-state index contributed by atoms with van der Waals surface area (Å²) in [5.41, 5.74) is 3.31. The molecule has 2 aromatic rings. The highest BCUT2D eigenvalue weighted by Gasteiger charge is 2.12. The van der Waals surface area contributed by atoms with Crippen LogP contribution in [0, 0.1) is 0 Å². The van der Waals surface area contributed by atoms with E-state index in [1.54, 1.807) is 12.1 Å². The number of amides is 2. The minimum atomic E-state index is -0.200. The number of ether oxygens (including phenoxy) is 1. The summed E-state index contributed by atoms with van der Waals surface area (Å²) in [5.74, 6) is 0.381. The first kappa shape index (κ1) is 17.0. The van der Waals surface area contributed by atoms with Crippen molar-refractivity contribution in [2.45, 2.75) is 19.3 Å². The fourth-order valence-electron chi connectivity index (χ4n) is 2.91. The number of fused-ring (bicyclic) bond motifs is 1. The van der Waals surface area contributed by atoms with Crippen LogP contribution < -0.4 is 15.4 Å². The molecule has 0 radical (unpaired) electrons. The molecule has 5 heteroatoms. The van der Waals surface area contributed by atoms with Crippen LogP contribution in [-0.2, 0) is 17.6 Å². The lowest BCUT2D eigenvalue weighted by Crippen LogP contribution is -2.36. The predicted octanol–water partition coefficient (Wildman–Crippen LogP) is 2.10. The van der Waals surface area contributed by atoms with Crippen molar-refractivity contribution in [1.82, 2.24) is 10.6 Å². The number of nitrogens with one attached hydrogen (secondary N) is 2. The lowest BCUT2D eigenvalue weighted by Gasteiger charge is -2.09. The first-order valence-corrected chi connectivity index (χ1v) is 8.57. The smallest absolute Gasteiger partial charge is 0.258 e. The maximum Gasteiger partial charge on any atom is 0.258 e. The third-order valence-corrected chi connectivity index (χ3v) is 4.21. The van der Waals surface area contributed by atoms with Crippen molar-refractivity contribution >= 4 is 11.8 Å². The molecule has 0 atom stereocenters. The summed E-state index contributed by atoms with van der Waals surface area (Å²) in [6.07, 6.45) is 3.40. The molecule has 0 saturated heterocycles. The van der Waals surface area contributed by atoms with E-state index < -0.39 is 0 Å². The van der Waals surface area contributed by atoms with Gasteiger partial charge < -0.3 is 15.4 Å². The molecule has 130 valence electrons. The first-order chi connectivity index (χ1) is 12.2. The third kappa shape index (κ3) is 4.83. The average molecular weight is 338 g/mol. The van der Waals surface area contributed by atoms with Crippen LogP contribution >= 0.6 is 0 Å². The highest BCUT2D eigenvalue weighted by atomic mass is 16.5. The van der Waals surface area contributed by atoms with Gasteiger partial charge in [0, 0.05) is 18.7 Å². The molecule has 0 fully saturated rings. The third-order valence-electron chi connectivity index (χ3n) is 4.21. The van der Waals surface area contributed by atoms with Crippen LogP contribution in [0.3, 0.4) is 0 Å². The van der Waals surface area contributed by atoms with Crippen LogP contribution in [0.4, 0.5) is 0 Å². The summed E-state index contributed by atoms with van der Waals surface area (Å²) < 4.78 is 5.54. The van der Waals surface area contributed by atoms with E-state index in [1.165, 1.54) is 17.5 Å². The zero-order valence-electron chi connectivity index (χ0n) is 14.1. The molecule has 5 nitrogen and oxygen atoms in total. The van der Waals surface area contributed by atoms with E-state index in [1.807, 2.05) is 30.3 Å². The number of aryl methyl sites for hydroxylation is 2. The number of rotatable bonds is 7. The molecular formula is C20H22N2O3. The van der Waals surface area contributed by atoms with Gasteiger partial charge in [0.1, 0.15) is 5.75 Å². The van der Waals surface area contributed by atoms with Gasteiger partial charge >= 0.3 is 0 Å². The van der Waals surface area contributed by atoms with Gasteiger partial charge in [-0.3, -0.25) is 9.59 Å². The van der Waals surface area contributed by atoms with Crippen LogP contribution in [-0.4, -0.2) is 31.5 Å². The normalized spacial score (nSPS) is 12.3. The van der Waals surface area contributed by atoms with Crippen molar-refractivity contribution in [3.05, 3.63) is 65.2 Å². The predicted molar refractivity (Wildman–Crippen MR) is 95.7 cm³/mol. The van der Waals surface area contributed by atoms with Crippen molar-refractivity contribution in [3.63, 3.8) is 0 Å². The Morgan fingerprint density at radius 3 is 2.52 bits per heavy atom. The Hall–Kier alpha value is -2.82. The quantitative estimate of drug-likeness (QED) is 0.760. The minimum absolute atomic E-state index is 0.0224. The van der Waals surface area contributed by atoms with Gasteiger partial charge in [0.2, 0.25) is 0 Å². The van der Waals surface area contributed by atoms with Crippen LogP contribution in [0.5, 0.6) is 5.75 Å². The van der Waals surface area contributed by atoms with Crippen LogP contribution in [0.1, 0.15) is 27.9 Å². The SMILES string of the molecule is O=C(COc1ccc2c(c1)CCC2)NCCNC(=O)c1ccccc1. The van der Waals surface area contributed by atoms with Crippen molar-refractivity contribution < 1.29 is 14.3 Å². The number of carbonyl (C=O) groups excluding carboxylic acids is 2. The van der Waals surface area contributed by atoms with Gasteiger partial charge in [-0.15, -0.1) is 0 Å². The van der Waals surface area contributed by atoms with Gasteiger partial charge in [0.15, 0.2) is 6.61 Å². The highest BCUT2D eigenvalue weighted by Crippen LogP contribution is 2.25. The van der Waals surface area contributed by atoms with Crippen molar-refractivity contribution in [3.8, 4) is 5.75 Å². The highest BCUT2D eigenvalue weighted by molar-refractivity contribution is 5.94. The van der Waals surface area contributed by atoms with Crippen LogP contribution in [0.15, 0.2) is 48.5 Å². The summed E-state index contributed by atoms with van der Waals surface area (Å²) in [5, 5.41) is 5.50. The summed E-state index contributed by atoms with van der Waals surface area (Å²) in [6.45, 7) is 0.717. The Morgan fingerprint density at radius 2 is 1.68 bits per heavy atom. The molecule has 2 amide bonds. The Labute approximate surface area is 147 Å². The lowest BCUT2D eigenvalue weighted by molar-refractivity contribution is -0.123. The van der Waals surface area contributed by atoms with Gasteiger partial charge in [-0.25, -0.2) is 0 Å². The molecular weight excluding hydrogens is 316 g/mol. The number of benzene rings is 2. The first-order valence-electron chi connectivity index (χ1n) is 8.57. The zero-order valence-corrected chi connectivity index (χ0v) is 14.1. The molecule has 0 spiro atoms. The molecule has 0 saturated carbocycles. The lowest BCUT2D eigenvalue weighted by atomic mass is 10.1. The second-order valence-electron chi connectivity index (χ2n) is 6.04. The topological polar surface area (TPSA) is 67.4 Å². The van der Waals surface area contributed by atoms with Gasteiger partial charge in [-0.2, -0.15) is 0 Å². The van der Waals surface area contributed by atoms with E-state index in [0.29, 0.717) is 18.7 Å². The Bertz CT molecular complexity index is 744. The molecule has 1 aliphatic rings. The molecule has 2 N–H and O–H groups in total. The van der Waals surface area contributed by atoms with Crippen LogP contribution in [0.2, 0.25) is 0 Å².